The number of hydrogen-bond acceptors (Lipinski definition) is 6. The Labute approximate surface area is 252 Å². The molecule has 0 spiro atoms. The van der Waals surface area contributed by atoms with Gasteiger partial charge in [0.15, 0.2) is 17.3 Å². The Kier molecular flexibility index (Phi) is 7.27. The standard InChI is InChI=1S/C28H22ClF5N6O3S/c1-38-21(13-23(36-38)28(32,33)34)16-4-5-24(35-14-16)40-8-6-15-9-18(12-22(27(15)40)39-7-2-3-25(39)41)44(42,43)37-26-19(30)10-17(29)11-20(26)31/h4-5,9-14,37H,2-3,6-8H2,1H3. The van der Waals surface area contributed by atoms with Crippen LogP contribution in [-0.2, 0) is 34.5 Å². The number of fused-ring (bicyclic) bond motifs is 1. The Morgan fingerprint density at radius 2 is 1.70 bits per heavy atom. The van der Waals surface area contributed by atoms with Gasteiger partial charge in [-0.2, -0.15) is 18.3 Å². The molecule has 6 rings (SSSR count). The number of nitrogens with zero attached hydrogens (tertiary/aromatic N) is 5. The van der Waals surface area contributed by atoms with Gasteiger partial charge in [-0.05, 0) is 60.9 Å². The van der Waals surface area contributed by atoms with E-state index in [9.17, 15) is 35.2 Å². The molecule has 1 N–H and O–H groups in total. The van der Waals surface area contributed by atoms with Gasteiger partial charge in [0.1, 0.15) is 11.5 Å². The lowest BCUT2D eigenvalue weighted by Crippen LogP contribution is -2.27. The summed E-state index contributed by atoms with van der Waals surface area (Å²) in [5.74, 6) is -2.21. The number of rotatable bonds is 6. The average molecular weight is 653 g/mol. The van der Waals surface area contributed by atoms with Crippen LogP contribution in [0.2, 0.25) is 5.02 Å². The smallest absolute Gasteiger partial charge is 0.324 e. The van der Waals surface area contributed by atoms with E-state index in [-0.39, 0.29) is 33.6 Å². The third-order valence-electron chi connectivity index (χ3n) is 7.43. The van der Waals surface area contributed by atoms with Gasteiger partial charge in [-0.1, -0.05) is 11.6 Å². The van der Waals surface area contributed by atoms with Crippen LogP contribution in [0.5, 0.6) is 0 Å². The summed E-state index contributed by atoms with van der Waals surface area (Å²) < 4.78 is 98.1. The monoisotopic (exact) mass is 652 g/mol. The number of aromatic nitrogens is 3. The Morgan fingerprint density at radius 3 is 2.30 bits per heavy atom. The van der Waals surface area contributed by atoms with Crippen molar-refractivity contribution in [1.82, 2.24) is 14.8 Å². The normalized spacial score (nSPS) is 15.3. The molecule has 16 heteroatoms. The number of benzene rings is 2. The highest BCUT2D eigenvalue weighted by Crippen LogP contribution is 2.45. The van der Waals surface area contributed by atoms with Gasteiger partial charge in [-0.15, -0.1) is 0 Å². The second-order valence-electron chi connectivity index (χ2n) is 10.3. The number of nitrogens with one attached hydrogen (secondary N) is 1. The fraction of sp³-hybridized carbons (Fsp3) is 0.250. The molecule has 2 aromatic carbocycles. The van der Waals surface area contributed by atoms with Crippen LogP contribution in [0, 0.1) is 11.6 Å². The fourth-order valence-corrected chi connectivity index (χ4v) is 6.73. The number of sulfonamides is 1. The maximum atomic E-state index is 14.4. The van der Waals surface area contributed by atoms with Crippen molar-refractivity contribution in [3.8, 4) is 11.3 Å². The van der Waals surface area contributed by atoms with Crippen LogP contribution in [0.25, 0.3) is 11.3 Å². The van der Waals surface area contributed by atoms with Gasteiger partial charge in [0.05, 0.1) is 22.0 Å². The number of anilines is 4. The first-order valence-corrected chi connectivity index (χ1v) is 15.1. The maximum Gasteiger partial charge on any atom is 0.435 e. The first-order chi connectivity index (χ1) is 20.7. The van der Waals surface area contributed by atoms with Gasteiger partial charge in [0.25, 0.3) is 10.0 Å². The molecule has 2 aromatic heterocycles. The van der Waals surface area contributed by atoms with E-state index < -0.39 is 39.2 Å². The van der Waals surface area contributed by atoms with E-state index in [1.165, 1.54) is 30.3 Å². The zero-order valence-electron chi connectivity index (χ0n) is 22.8. The minimum atomic E-state index is -4.61. The Bertz CT molecular complexity index is 1890. The molecule has 44 heavy (non-hydrogen) atoms. The molecule has 2 aliphatic rings. The summed E-state index contributed by atoms with van der Waals surface area (Å²) in [4.78, 5) is 20.2. The number of hydrogen-bond donors (Lipinski definition) is 1. The van der Waals surface area contributed by atoms with E-state index in [1.54, 1.807) is 17.0 Å². The van der Waals surface area contributed by atoms with Crippen molar-refractivity contribution in [3.63, 3.8) is 0 Å². The molecule has 2 aliphatic heterocycles. The molecule has 0 bridgehead atoms. The molecule has 0 unspecified atom stereocenters. The highest BCUT2D eigenvalue weighted by molar-refractivity contribution is 7.92. The second-order valence-corrected chi connectivity index (χ2v) is 12.4. The van der Waals surface area contributed by atoms with E-state index in [0.29, 0.717) is 48.6 Å². The second kappa shape index (κ2) is 10.7. The van der Waals surface area contributed by atoms with Crippen LogP contribution < -0.4 is 14.5 Å². The predicted octanol–water partition coefficient (Wildman–Crippen LogP) is 6.05. The number of carbonyl (C=O) groups excluding carboxylic acids is 1. The summed E-state index contributed by atoms with van der Waals surface area (Å²) in [7, 11) is -3.13. The largest absolute Gasteiger partial charge is 0.435 e. The van der Waals surface area contributed by atoms with Crippen molar-refractivity contribution in [1.29, 1.82) is 0 Å². The van der Waals surface area contributed by atoms with E-state index in [1.807, 2.05) is 4.72 Å². The molecule has 230 valence electrons. The number of amides is 1. The summed E-state index contributed by atoms with van der Waals surface area (Å²) >= 11 is 5.66. The fourth-order valence-electron chi connectivity index (χ4n) is 5.39. The molecule has 9 nitrogen and oxygen atoms in total. The number of carbonyl (C=O) groups is 1. The predicted molar refractivity (Wildman–Crippen MR) is 152 cm³/mol. The van der Waals surface area contributed by atoms with Gasteiger partial charge in [-0.3, -0.25) is 14.2 Å². The summed E-state index contributed by atoms with van der Waals surface area (Å²) in [5, 5.41) is 3.29. The van der Waals surface area contributed by atoms with Gasteiger partial charge >= 0.3 is 6.18 Å². The summed E-state index contributed by atoms with van der Waals surface area (Å²) in [6.07, 6.45) is -2.06. The molecule has 0 aliphatic carbocycles. The van der Waals surface area contributed by atoms with Crippen molar-refractivity contribution in [2.45, 2.75) is 30.3 Å². The topological polar surface area (TPSA) is 100 Å². The average Bonchev–Trinajstić information content (AvgIpc) is 3.68. The molecule has 1 fully saturated rings. The van der Waals surface area contributed by atoms with Gasteiger partial charge in [-0.25, -0.2) is 22.2 Å². The van der Waals surface area contributed by atoms with Crippen LogP contribution in [-0.4, -0.2) is 42.2 Å². The highest BCUT2D eigenvalue weighted by Gasteiger charge is 2.36. The Morgan fingerprint density at radius 1 is 0.977 bits per heavy atom. The van der Waals surface area contributed by atoms with E-state index in [4.69, 9.17) is 11.6 Å². The third-order valence-corrected chi connectivity index (χ3v) is 8.97. The lowest BCUT2D eigenvalue weighted by molar-refractivity contribution is -0.141. The van der Waals surface area contributed by atoms with Crippen molar-refractivity contribution in [2.24, 2.45) is 7.05 Å². The van der Waals surface area contributed by atoms with Crippen molar-refractivity contribution < 1.29 is 35.2 Å². The molecule has 0 atom stereocenters. The van der Waals surface area contributed by atoms with Crippen LogP contribution in [0.15, 0.2) is 53.6 Å². The van der Waals surface area contributed by atoms with Gasteiger partial charge < -0.3 is 9.80 Å². The first kappa shape index (κ1) is 29.8. The zero-order chi connectivity index (χ0) is 31.6. The number of aryl methyl sites for hydroxylation is 1. The molecular weight excluding hydrogens is 631 g/mol. The SMILES string of the molecule is Cn1nc(C(F)(F)F)cc1-c1ccc(N2CCc3cc(S(=O)(=O)Nc4c(F)cc(Cl)cc4F)cc(N4CCCC4=O)c32)nc1. The Hall–Kier alpha value is -4.24. The minimum Gasteiger partial charge on any atom is -0.324 e. The lowest BCUT2D eigenvalue weighted by Gasteiger charge is -2.26. The molecule has 4 heterocycles. The molecule has 0 saturated carbocycles. The van der Waals surface area contributed by atoms with Crippen molar-refractivity contribution in [2.75, 3.05) is 27.6 Å². The van der Waals surface area contributed by atoms with Crippen LogP contribution in [0.4, 0.5) is 44.8 Å². The maximum absolute atomic E-state index is 14.4. The van der Waals surface area contributed by atoms with Gasteiger partial charge in [0, 0.05) is 43.3 Å². The summed E-state index contributed by atoms with van der Waals surface area (Å²) in [6.45, 7) is 0.670. The third kappa shape index (κ3) is 5.34. The number of alkyl halides is 3. The Balaban J connectivity index is 1.38. The van der Waals surface area contributed by atoms with Crippen LogP contribution >= 0.6 is 11.6 Å². The van der Waals surface area contributed by atoms with E-state index >= 15 is 0 Å². The lowest BCUT2D eigenvalue weighted by atomic mass is 10.1. The van der Waals surface area contributed by atoms with Crippen LogP contribution in [0.1, 0.15) is 24.1 Å². The van der Waals surface area contributed by atoms with Gasteiger partial charge in [0.2, 0.25) is 5.91 Å². The highest BCUT2D eigenvalue weighted by atomic mass is 35.5. The zero-order valence-corrected chi connectivity index (χ0v) is 24.4. The van der Waals surface area contributed by atoms with E-state index in [0.717, 1.165) is 22.9 Å². The van der Waals surface area contributed by atoms with Crippen LogP contribution in [0.3, 0.4) is 0 Å². The van der Waals surface area contributed by atoms with Crippen molar-refractivity contribution in [3.05, 3.63) is 76.6 Å². The molecular formula is C28H22ClF5N6O3S. The number of halogens is 6. The van der Waals surface area contributed by atoms with E-state index in [2.05, 4.69) is 10.1 Å². The molecule has 1 amide bonds. The molecule has 1 saturated heterocycles. The number of pyridine rings is 1. The molecule has 4 aromatic rings. The summed E-state index contributed by atoms with van der Waals surface area (Å²) in [6, 6.07) is 8.33. The first-order valence-electron chi connectivity index (χ1n) is 13.2. The quantitative estimate of drug-likeness (QED) is 0.255. The minimum absolute atomic E-state index is 0.206. The summed E-state index contributed by atoms with van der Waals surface area (Å²) in [5.41, 5.74) is 0.0345. The van der Waals surface area contributed by atoms with Crippen molar-refractivity contribution >= 4 is 50.4 Å². The molecule has 0 radical (unpaired) electrons.